The molecule has 1 aliphatic rings. The van der Waals surface area contributed by atoms with E-state index in [2.05, 4.69) is 76.2 Å². The van der Waals surface area contributed by atoms with Crippen molar-refractivity contribution in [1.29, 1.82) is 0 Å². The minimum atomic E-state index is -0.161. The summed E-state index contributed by atoms with van der Waals surface area (Å²) < 4.78 is 0. The molecule has 1 N–H and O–H groups in total. The number of unbranched alkanes of at least 4 members (excludes halogenated alkanes) is 5. The molecule has 1 heterocycles. The van der Waals surface area contributed by atoms with Crippen LogP contribution in [0.25, 0.3) is 0 Å². The van der Waals surface area contributed by atoms with E-state index in [1.165, 1.54) is 31.2 Å². The number of benzene rings is 1. The third kappa shape index (κ3) is 7.31. The lowest BCUT2D eigenvalue weighted by atomic mass is 9.74. The van der Waals surface area contributed by atoms with Crippen molar-refractivity contribution in [3.8, 4) is 0 Å². The van der Waals surface area contributed by atoms with Gasteiger partial charge in [0.2, 0.25) is 5.91 Å². The van der Waals surface area contributed by atoms with E-state index in [9.17, 15) is 4.79 Å². The molecule has 1 aliphatic heterocycles. The predicted molar refractivity (Wildman–Crippen MR) is 134 cm³/mol. The smallest absolute Gasteiger partial charge is 0.220 e. The van der Waals surface area contributed by atoms with E-state index in [0.717, 1.165) is 38.5 Å². The lowest BCUT2D eigenvalue weighted by Gasteiger charge is -2.57. The summed E-state index contributed by atoms with van der Waals surface area (Å²) in [6.07, 6.45) is 11.8. The second-order valence-electron chi connectivity index (χ2n) is 10.4. The van der Waals surface area contributed by atoms with Gasteiger partial charge in [0.25, 0.3) is 0 Å². The first-order valence-electron chi connectivity index (χ1n) is 13.1. The van der Waals surface area contributed by atoms with Crippen molar-refractivity contribution in [2.75, 3.05) is 0 Å². The van der Waals surface area contributed by atoms with Crippen molar-refractivity contribution in [2.24, 2.45) is 0 Å². The van der Waals surface area contributed by atoms with Gasteiger partial charge in [0.1, 0.15) is 6.10 Å². The fourth-order valence-electron chi connectivity index (χ4n) is 5.43. The van der Waals surface area contributed by atoms with Gasteiger partial charge in [-0.2, -0.15) is 5.06 Å². The van der Waals surface area contributed by atoms with Gasteiger partial charge in [-0.05, 0) is 58.4 Å². The van der Waals surface area contributed by atoms with Crippen LogP contribution in [0.1, 0.15) is 124 Å². The first-order chi connectivity index (χ1) is 15.3. The van der Waals surface area contributed by atoms with Crippen molar-refractivity contribution in [1.82, 2.24) is 10.4 Å². The molecule has 1 fully saturated rings. The highest BCUT2D eigenvalue weighted by atomic mass is 16.7. The summed E-state index contributed by atoms with van der Waals surface area (Å²) in [5.41, 5.74) is 0.952. The van der Waals surface area contributed by atoms with E-state index in [1.807, 2.05) is 6.07 Å². The molecule has 1 aromatic rings. The molecule has 0 saturated carbocycles. The highest BCUT2D eigenvalue weighted by Crippen LogP contribution is 2.44. The maximum absolute atomic E-state index is 12.7. The quantitative estimate of drug-likeness (QED) is 0.323. The van der Waals surface area contributed by atoms with Crippen molar-refractivity contribution in [3.05, 3.63) is 35.9 Å². The Labute approximate surface area is 197 Å². The van der Waals surface area contributed by atoms with Crippen LogP contribution in [0, 0.1) is 0 Å². The number of rotatable bonds is 13. The monoisotopic (exact) mass is 444 g/mol. The Kier molecular flexibility index (Phi) is 10.7. The molecule has 32 heavy (non-hydrogen) atoms. The number of carbonyl (C=O) groups is 1. The molecule has 0 aliphatic carbocycles. The molecule has 2 atom stereocenters. The van der Waals surface area contributed by atoms with Crippen LogP contribution in [0.2, 0.25) is 0 Å². The Bertz CT molecular complexity index is 669. The second-order valence-corrected chi connectivity index (χ2v) is 10.4. The van der Waals surface area contributed by atoms with E-state index >= 15 is 0 Å². The predicted octanol–water partition coefficient (Wildman–Crippen LogP) is 7.35. The highest BCUT2D eigenvalue weighted by molar-refractivity contribution is 5.76. The zero-order valence-electron chi connectivity index (χ0n) is 21.6. The zero-order chi connectivity index (χ0) is 23.6. The molecular weight excluding hydrogens is 396 g/mol. The Morgan fingerprint density at radius 3 is 2.28 bits per heavy atom. The summed E-state index contributed by atoms with van der Waals surface area (Å²) >= 11 is 0. The Balaban J connectivity index is 2.01. The summed E-state index contributed by atoms with van der Waals surface area (Å²) in [6.45, 7) is 13.4. The van der Waals surface area contributed by atoms with Crippen LogP contribution in [0.15, 0.2) is 30.3 Å². The first kappa shape index (κ1) is 26.9. The maximum atomic E-state index is 12.7. The fourth-order valence-corrected chi connectivity index (χ4v) is 5.43. The molecule has 1 saturated heterocycles. The Morgan fingerprint density at radius 2 is 1.66 bits per heavy atom. The minimum Gasteiger partial charge on any atom is -0.353 e. The number of nitrogens with zero attached hydrogens (tertiary/aromatic N) is 1. The van der Waals surface area contributed by atoms with Crippen molar-refractivity contribution in [2.45, 2.75) is 135 Å². The molecule has 1 amide bonds. The summed E-state index contributed by atoms with van der Waals surface area (Å²) in [5.74, 6) is 0.217. The van der Waals surface area contributed by atoms with Crippen LogP contribution in [-0.4, -0.2) is 28.1 Å². The standard InChI is InChI=1S/C28H48N2O2/c1-7-10-11-12-13-17-20-26(31)29-25-21-27(5,6)30(28(8-2,9-3)22-25)32-23(4)24-18-15-14-16-19-24/h14-16,18-19,23,25H,7-13,17,20-22H2,1-6H3,(H,29,31)/t23-,25+/m1/s1. The topological polar surface area (TPSA) is 41.6 Å². The van der Waals surface area contributed by atoms with E-state index in [1.54, 1.807) is 0 Å². The van der Waals surface area contributed by atoms with Crippen LogP contribution < -0.4 is 5.32 Å². The van der Waals surface area contributed by atoms with Gasteiger partial charge in [0, 0.05) is 23.5 Å². The number of hydrogen-bond donors (Lipinski definition) is 1. The lowest BCUT2D eigenvalue weighted by molar-refractivity contribution is -0.316. The normalized spacial score (nSPS) is 21.2. The van der Waals surface area contributed by atoms with Gasteiger partial charge >= 0.3 is 0 Å². The third-order valence-corrected chi connectivity index (χ3v) is 7.32. The molecule has 0 radical (unpaired) electrons. The molecule has 182 valence electrons. The Hall–Kier alpha value is -1.39. The number of hydroxylamine groups is 2. The van der Waals surface area contributed by atoms with Gasteiger partial charge in [-0.25, -0.2) is 0 Å². The summed E-state index contributed by atoms with van der Waals surface area (Å²) in [7, 11) is 0. The van der Waals surface area contributed by atoms with Gasteiger partial charge in [-0.3, -0.25) is 9.63 Å². The van der Waals surface area contributed by atoms with Gasteiger partial charge < -0.3 is 5.32 Å². The highest BCUT2D eigenvalue weighted by Gasteiger charge is 2.50. The van der Waals surface area contributed by atoms with Crippen LogP contribution in [-0.2, 0) is 9.63 Å². The summed E-state index contributed by atoms with van der Waals surface area (Å²) in [4.78, 5) is 19.4. The largest absolute Gasteiger partial charge is 0.353 e. The molecule has 0 aromatic heterocycles. The third-order valence-electron chi connectivity index (χ3n) is 7.32. The second kappa shape index (κ2) is 12.7. The fraction of sp³-hybridized carbons (Fsp3) is 0.750. The maximum Gasteiger partial charge on any atom is 0.220 e. The molecule has 2 rings (SSSR count). The molecular formula is C28H48N2O2. The van der Waals surface area contributed by atoms with Crippen molar-refractivity contribution < 1.29 is 9.63 Å². The van der Waals surface area contributed by atoms with E-state index in [0.29, 0.717) is 6.42 Å². The number of amides is 1. The molecule has 0 unspecified atom stereocenters. The van der Waals surface area contributed by atoms with Gasteiger partial charge in [-0.1, -0.05) is 83.2 Å². The summed E-state index contributed by atoms with van der Waals surface area (Å²) in [6, 6.07) is 10.6. The molecule has 1 aromatic carbocycles. The molecule has 4 heteroatoms. The van der Waals surface area contributed by atoms with Crippen molar-refractivity contribution in [3.63, 3.8) is 0 Å². The van der Waals surface area contributed by atoms with Crippen LogP contribution in [0.4, 0.5) is 0 Å². The number of piperidine rings is 1. The number of carbonyl (C=O) groups excluding carboxylic acids is 1. The van der Waals surface area contributed by atoms with Crippen LogP contribution in [0.5, 0.6) is 0 Å². The van der Waals surface area contributed by atoms with Crippen molar-refractivity contribution >= 4 is 5.91 Å². The average molecular weight is 445 g/mol. The van der Waals surface area contributed by atoms with Gasteiger partial charge in [0.15, 0.2) is 0 Å². The van der Waals surface area contributed by atoms with E-state index in [4.69, 9.17) is 4.84 Å². The number of nitrogens with one attached hydrogen (secondary N) is 1. The van der Waals surface area contributed by atoms with E-state index < -0.39 is 0 Å². The zero-order valence-corrected chi connectivity index (χ0v) is 21.6. The molecule has 0 spiro atoms. The van der Waals surface area contributed by atoms with Crippen LogP contribution >= 0.6 is 0 Å². The Morgan fingerprint density at radius 1 is 1.03 bits per heavy atom. The van der Waals surface area contributed by atoms with Gasteiger partial charge in [-0.15, -0.1) is 0 Å². The van der Waals surface area contributed by atoms with Gasteiger partial charge in [0.05, 0.1) is 0 Å². The molecule has 0 bridgehead atoms. The number of hydrogen-bond acceptors (Lipinski definition) is 3. The first-order valence-corrected chi connectivity index (χ1v) is 13.1. The molecule has 4 nitrogen and oxygen atoms in total. The average Bonchev–Trinajstić information content (AvgIpc) is 2.78. The SMILES string of the molecule is CCCCCCCCC(=O)N[C@H]1CC(C)(C)N(O[C@H](C)c2ccccc2)C(CC)(CC)C1. The summed E-state index contributed by atoms with van der Waals surface area (Å²) in [5, 5.41) is 5.67. The van der Waals surface area contributed by atoms with E-state index in [-0.39, 0.29) is 29.1 Å². The lowest BCUT2D eigenvalue weighted by Crippen LogP contribution is -2.66. The minimum absolute atomic E-state index is 0.00759. The van der Waals surface area contributed by atoms with Crippen LogP contribution in [0.3, 0.4) is 0 Å².